The fourth-order valence-corrected chi connectivity index (χ4v) is 2.45. The summed E-state index contributed by atoms with van der Waals surface area (Å²) in [7, 11) is 1.42. The molecule has 0 saturated carbocycles. The van der Waals surface area contributed by atoms with Gasteiger partial charge in [0.2, 0.25) is 5.95 Å². The Kier molecular flexibility index (Phi) is 4.88. The highest BCUT2D eigenvalue weighted by Gasteiger charge is 2.37. The summed E-state index contributed by atoms with van der Waals surface area (Å²) in [6, 6.07) is 3.00. The minimum absolute atomic E-state index is 0.0295. The third kappa shape index (κ3) is 4.47. The predicted molar refractivity (Wildman–Crippen MR) is 94.5 cm³/mol. The summed E-state index contributed by atoms with van der Waals surface area (Å²) in [6.45, 7) is 5.28. The van der Waals surface area contributed by atoms with E-state index in [0.717, 1.165) is 4.68 Å². The molecule has 3 aromatic heterocycles. The standard InChI is InChI=1S/C17H19F3N6O2/c1-16(2,3)28-9-13(27)22-15-21-12-6-5-10(7-26(12)24-15)11-8-25(4)23-14(11)17(18,19)20/h5-8H,9H2,1-4H3,(H,22,24,27). The van der Waals surface area contributed by atoms with Crippen LogP contribution in [0.3, 0.4) is 0 Å². The zero-order chi connectivity index (χ0) is 20.7. The maximum absolute atomic E-state index is 13.2. The first-order valence-electron chi connectivity index (χ1n) is 8.34. The highest BCUT2D eigenvalue weighted by Crippen LogP contribution is 2.35. The van der Waals surface area contributed by atoms with Crippen LogP contribution in [-0.4, -0.2) is 42.5 Å². The molecule has 11 heteroatoms. The van der Waals surface area contributed by atoms with Gasteiger partial charge in [0.25, 0.3) is 5.91 Å². The SMILES string of the molecule is Cn1cc(-c2ccc3nc(NC(=O)COC(C)(C)C)nn3c2)c(C(F)(F)F)n1. The molecule has 3 heterocycles. The molecular weight excluding hydrogens is 377 g/mol. The Labute approximate surface area is 158 Å². The number of anilines is 1. The van der Waals surface area contributed by atoms with Crippen LogP contribution in [0.25, 0.3) is 16.8 Å². The molecule has 1 amide bonds. The number of ether oxygens (including phenoxy) is 1. The molecule has 0 aliphatic carbocycles. The summed E-state index contributed by atoms with van der Waals surface area (Å²) in [6.07, 6.45) is -1.90. The van der Waals surface area contributed by atoms with Crippen LogP contribution in [0.2, 0.25) is 0 Å². The number of amides is 1. The van der Waals surface area contributed by atoms with Crippen molar-refractivity contribution in [2.45, 2.75) is 32.5 Å². The summed E-state index contributed by atoms with van der Waals surface area (Å²) in [4.78, 5) is 16.1. The van der Waals surface area contributed by atoms with Gasteiger partial charge >= 0.3 is 6.18 Å². The van der Waals surface area contributed by atoms with Gasteiger partial charge in [-0.1, -0.05) is 0 Å². The highest BCUT2D eigenvalue weighted by molar-refractivity contribution is 5.90. The number of halogens is 3. The van der Waals surface area contributed by atoms with E-state index in [4.69, 9.17) is 4.74 Å². The quantitative estimate of drug-likeness (QED) is 0.733. The van der Waals surface area contributed by atoms with Gasteiger partial charge < -0.3 is 4.74 Å². The summed E-state index contributed by atoms with van der Waals surface area (Å²) < 4.78 is 47.4. The van der Waals surface area contributed by atoms with Crippen molar-refractivity contribution in [2.75, 3.05) is 11.9 Å². The Morgan fingerprint density at radius 2 is 1.89 bits per heavy atom. The number of aryl methyl sites for hydroxylation is 1. The molecule has 0 radical (unpaired) electrons. The molecule has 0 unspecified atom stereocenters. The first-order chi connectivity index (χ1) is 12.9. The van der Waals surface area contributed by atoms with E-state index in [0.29, 0.717) is 5.65 Å². The van der Waals surface area contributed by atoms with Gasteiger partial charge in [0.1, 0.15) is 6.61 Å². The lowest BCUT2D eigenvalue weighted by atomic mass is 10.1. The van der Waals surface area contributed by atoms with Crippen molar-refractivity contribution in [1.29, 1.82) is 0 Å². The molecule has 0 spiro atoms. The lowest BCUT2D eigenvalue weighted by Gasteiger charge is -2.18. The molecule has 150 valence electrons. The number of carbonyl (C=O) groups excluding carboxylic acids is 1. The summed E-state index contributed by atoms with van der Waals surface area (Å²) in [5, 5.41) is 10.1. The number of rotatable bonds is 4. The van der Waals surface area contributed by atoms with Gasteiger partial charge in [0.15, 0.2) is 11.3 Å². The maximum atomic E-state index is 13.2. The smallest absolute Gasteiger partial charge is 0.366 e. The van der Waals surface area contributed by atoms with Gasteiger partial charge in [-0.05, 0) is 32.9 Å². The third-order valence-electron chi connectivity index (χ3n) is 3.63. The molecule has 28 heavy (non-hydrogen) atoms. The number of nitrogens with one attached hydrogen (secondary N) is 1. The number of aromatic nitrogens is 5. The molecule has 0 aliphatic rings. The number of carbonyl (C=O) groups is 1. The Bertz CT molecular complexity index is 1020. The third-order valence-corrected chi connectivity index (χ3v) is 3.63. The van der Waals surface area contributed by atoms with E-state index in [2.05, 4.69) is 20.5 Å². The Hall–Kier alpha value is -2.95. The molecule has 0 fully saturated rings. The number of nitrogens with zero attached hydrogens (tertiary/aromatic N) is 5. The highest BCUT2D eigenvalue weighted by atomic mass is 19.4. The molecule has 0 aliphatic heterocycles. The van der Waals surface area contributed by atoms with Crippen LogP contribution in [0, 0.1) is 0 Å². The van der Waals surface area contributed by atoms with Gasteiger partial charge in [-0.25, -0.2) is 4.52 Å². The summed E-state index contributed by atoms with van der Waals surface area (Å²) in [5.41, 5.74) is -0.891. The van der Waals surface area contributed by atoms with Crippen LogP contribution in [0.4, 0.5) is 19.1 Å². The lowest BCUT2D eigenvalue weighted by Crippen LogP contribution is -2.27. The van der Waals surface area contributed by atoms with Gasteiger partial charge in [0, 0.05) is 30.6 Å². The van der Waals surface area contributed by atoms with Crippen LogP contribution in [0.5, 0.6) is 0 Å². The lowest BCUT2D eigenvalue weighted by molar-refractivity contribution is -0.141. The van der Waals surface area contributed by atoms with Crippen LogP contribution in [0.1, 0.15) is 26.5 Å². The monoisotopic (exact) mass is 396 g/mol. The fourth-order valence-electron chi connectivity index (χ4n) is 2.45. The van der Waals surface area contributed by atoms with Crippen molar-refractivity contribution in [1.82, 2.24) is 24.4 Å². The van der Waals surface area contributed by atoms with E-state index < -0.39 is 23.4 Å². The van der Waals surface area contributed by atoms with E-state index >= 15 is 0 Å². The van der Waals surface area contributed by atoms with Gasteiger partial charge in [-0.15, -0.1) is 5.10 Å². The molecule has 3 aromatic rings. The second kappa shape index (κ2) is 6.89. The Balaban J connectivity index is 1.85. The number of fused-ring (bicyclic) bond motifs is 1. The van der Waals surface area contributed by atoms with Crippen molar-refractivity contribution >= 4 is 17.5 Å². The first kappa shape index (κ1) is 19.8. The van der Waals surface area contributed by atoms with Crippen LogP contribution in [0.15, 0.2) is 24.5 Å². The van der Waals surface area contributed by atoms with Crippen LogP contribution < -0.4 is 5.32 Å². The van der Waals surface area contributed by atoms with E-state index in [1.165, 1.54) is 36.1 Å². The molecular formula is C17H19F3N6O2. The predicted octanol–water partition coefficient (Wildman–Crippen LogP) is 2.90. The number of alkyl halides is 3. The second-order valence-corrected chi connectivity index (χ2v) is 7.17. The van der Waals surface area contributed by atoms with E-state index in [1.807, 2.05) is 20.8 Å². The largest absolute Gasteiger partial charge is 0.435 e. The van der Waals surface area contributed by atoms with Crippen molar-refractivity contribution in [3.63, 3.8) is 0 Å². The molecule has 8 nitrogen and oxygen atoms in total. The second-order valence-electron chi connectivity index (χ2n) is 7.17. The fraction of sp³-hybridized carbons (Fsp3) is 0.412. The average molecular weight is 396 g/mol. The normalized spacial score (nSPS) is 12.5. The molecule has 0 aromatic carbocycles. The zero-order valence-corrected chi connectivity index (χ0v) is 15.7. The van der Waals surface area contributed by atoms with E-state index in [9.17, 15) is 18.0 Å². The number of hydrogen-bond donors (Lipinski definition) is 1. The van der Waals surface area contributed by atoms with Crippen molar-refractivity contribution in [3.8, 4) is 11.1 Å². The molecule has 0 saturated heterocycles. The topological polar surface area (TPSA) is 86.3 Å². The van der Waals surface area contributed by atoms with Crippen molar-refractivity contribution in [3.05, 3.63) is 30.2 Å². The Morgan fingerprint density at radius 3 is 2.54 bits per heavy atom. The summed E-state index contributed by atoms with van der Waals surface area (Å²) in [5.74, 6) is -0.403. The molecule has 3 rings (SSSR count). The van der Waals surface area contributed by atoms with Gasteiger partial charge in [-0.2, -0.15) is 23.3 Å². The molecule has 1 N–H and O–H groups in total. The minimum Gasteiger partial charge on any atom is -0.366 e. The number of hydrogen-bond acceptors (Lipinski definition) is 5. The minimum atomic E-state index is -4.58. The van der Waals surface area contributed by atoms with Crippen LogP contribution in [-0.2, 0) is 22.8 Å². The maximum Gasteiger partial charge on any atom is 0.435 e. The average Bonchev–Trinajstić information content (AvgIpc) is 3.14. The van der Waals surface area contributed by atoms with Crippen LogP contribution >= 0.6 is 0 Å². The van der Waals surface area contributed by atoms with E-state index in [-0.39, 0.29) is 23.7 Å². The molecule has 0 bridgehead atoms. The van der Waals surface area contributed by atoms with Gasteiger partial charge in [-0.3, -0.25) is 14.8 Å². The van der Waals surface area contributed by atoms with Crippen molar-refractivity contribution in [2.24, 2.45) is 7.05 Å². The summed E-state index contributed by atoms with van der Waals surface area (Å²) >= 11 is 0. The van der Waals surface area contributed by atoms with Crippen molar-refractivity contribution < 1.29 is 22.7 Å². The molecule has 0 atom stereocenters. The Morgan fingerprint density at radius 1 is 1.18 bits per heavy atom. The first-order valence-corrected chi connectivity index (χ1v) is 8.34. The van der Waals surface area contributed by atoms with E-state index in [1.54, 1.807) is 0 Å². The van der Waals surface area contributed by atoms with Gasteiger partial charge in [0.05, 0.1) is 5.60 Å². The zero-order valence-electron chi connectivity index (χ0n) is 15.7. The number of pyridine rings is 1.